The fraction of sp³-hybridized carbons (Fsp3) is 0.200. The van der Waals surface area contributed by atoms with Crippen molar-refractivity contribution in [3.05, 3.63) is 59.8 Å². The summed E-state index contributed by atoms with van der Waals surface area (Å²) in [6.45, 7) is 0. The lowest BCUT2D eigenvalue weighted by Gasteiger charge is -2.08. The van der Waals surface area contributed by atoms with Crippen molar-refractivity contribution in [1.82, 2.24) is 9.55 Å². The molecule has 0 aliphatic heterocycles. The molecule has 24 heavy (non-hydrogen) atoms. The van der Waals surface area contributed by atoms with Gasteiger partial charge in [0.05, 0.1) is 17.0 Å². The van der Waals surface area contributed by atoms with Gasteiger partial charge in [-0.05, 0) is 49.1 Å². The minimum Gasteiger partial charge on any atom is -0.478 e. The van der Waals surface area contributed by atoms with Gasteiger partial charge in [-0.1, -0.05) is 18.2 Å². The van der Waals surface area contributed by atoms with Crippen molar-refractivity contribution in [2.24, 2.45) is 7.05 Å². The maximum absolute atomic E-state index is 11.3. The van der Waals surface area contributed by atoms with E-state index < -0.39 is 5.97 Å². The summed E-state index contributed by atoms with van der Waals surface area (Å²) < 4.78 is 2.07. The predicted octanol–water partition coefficient (Wildman–Crippen LogP) is 4.51. The van der Waals surface area contributed by atoms with Crippen LogP contribution in [0.15, 0.2) is 48.7 Å². The van der Waals surface area contributed by atoms with E-state index in [-0.39, 0.29) is 0 Å². The number of carboxylic acids is 1. The summed E-state index contributed by atoms with van der Waals surface area (Å²) in [4.78, 5) is 15.9. The fourth-order valence-corrected chi connectivity index (χ4v) is 3.60. The zero-order valence-electron chi connectivity index (χ0n) is 13.5. The molecule has 0 atom stereocenters. The van der Waals surface area contributed by atoms with E-state index in [2.05, 4.69) is 15.6 Å². The smallest absolute Gasteiger partial charge is 0.335 e. The minimum atomic E-state index is -0.904. The molecule has 1 aliphatic rings. The Morgan fingerprint density at radius 1 is 1.25 bits per heavy atom. The van der Waals surface area contributed by atoms with Crippen molar-refractivity contribution in [1.29, 1.82) is 0 Å². The third-order valence-corrected chi connectivity index (χ3v) is 4.72. The summed E-state index contributed by atoms with van der Waals surface area (Å²) in [5.41, 5.74) is 5.74. The second-order valence-corrected chi connectivity index (χ2v) is 6.16. The largest absolute Gasteiger partial charge is 0.478 e. The second kappa shape index (κ2) is 5.64. The number of aromatic carboxylic acids is 1. The van der Waals surface area contributed by atoms with Crippen molar-refractivity contribution in [3.8, 4) is 11.4 Å². The van der Waals surface area contributed by atoms with Gasteiger partial charge in [0.2, 0.25) is 0 Å². The molecule has 2 heterocycles. The van der Waals surface area contributed by atoms with Crippen LogP contribution in [0.1, 0.15) is 35.2 Å². The molecule has 0 saturated carbocycles. The molecule has 0 bridgehead atoms. The highest BCUT2D eigenvalue weighted by Gasteiger charge is 2.22. The third kappa shape index (κ3) is 2.22. The number of allylic oxidation sites excluding steroid dienone is 2. The number of pyridine rings is 1. The number of benzene rings is 1. The minimum absolute atomic E-state index is 0.308. The molecule has 0 radical (unpaired) electrons. The number of aromatic nitrogens is 2. The van der Waals surface area contributed by atoms with Crippen molar-refractivity contribution in [2.45, 2.75) is 19.3 Å². The third-order valence-electron chi connectivity index (χ3n) is 4.72. The molecule has 120 valence electrons. The molecule has 0 spiro atoms. The summed E-state index contributed by atoms with van der Waals surface area (Å²) in [6.07, 6.45) is 7.41. The van der Waals surface area contributed by atoms with Crippen LogP contribution in [0, 0.1) is 0 Å². The molecule has 0 unspecified atom stereocenters. The van der Waals surface area contributed by atoms with Gasteiger partial charge in [-0.15, -0.1) is 0 Å². The lowest BCUT2D eigenvalue weighted by molar-refractivity contribution is 0.0697. The van der Waals surface area contributed by atoms with Crippen molar-refractivity contribution in [2.75, 3.05) is 0 Å². The average Bonchev–Trinajstić information content (AvgIpc) is 3.22. The first-order valence-corrected chi connectivity index (χ1v) is 8.13. The maximum Gasteiger partial charge on any atom is 0.335 e. The van der Waals surface area contributed by atoms with Gasteiger partial charge in [-0.25, -0.2) is 4.79 Å². The number of hydrogen-bond donors (Lipinski definition) is 1. The Hall–Kier alpha value is -2.88. The molecule has 0 saturated heterocycles. The Bertz CT molecular complexity index is 968. The molecule has 4 rings (SSSR count). The maximum atomic E-state index is 11.3. The van der Waals surface area contributed by atoms with Gasteiger partial charge in [-0.2, -0.15) is 0 Å². The summed E-state index contributed by atoms with van der Waals surface area (Å²) >= 11 is 0. The van der Waals surface area contributed by atoms with E-state index in [4.69, 9.17) is 0 Å². The van der Waals surface area contributed by atoms with Gasteiger partial charge in [-0.3, -0.25) is 4.98 Å². The van der Waals surface area contributed by atoms with E-state index >= 15 is 0 Å². The Morgan fingerprint density at radius 2 is 2.12 bits per heavy atom. The Labute approximate surface area is 140 Å². The number of carbonyl (C=O) groups is 1. The standard InChI is InChI=1S/C20H18N2O2/c1-22-17-12-14(20(23)24)9-10-15(17)18(13-6-2-3-7-13)19(22)16-8-4-5-11-21-16/h4-6,8-12H,2-3,7H2,1H3,(H,23,24). The number of fused-ring (bicyclic) bond motifs is 1. The molecule has 0 fully saturated rings. The lowest BCUT2D eigenvalue weighted by atomic mass is 9.99. The van der Waals surface area contributed by atoms with Gasteiger partial charge in [0.1, 0.15) is 0 Å². The molecular formula is C20H18N2O2. The zero-order chi connectivity index (χ0) is 16.7. The van der Waals surface area contributed by atoms with E-state index in [0.717, 1.165) is 35.1 Å². The molecule has 1 N–H and O–H groups in total. The predicted molar refractivity (Wildman–Crippen MR) is 94.9 cm³/mol. The monoisotopic (exact) mass is 318 g/mol. The highest BCUT2D eigenvalue weighted by atomic mass is 16.4. The van der Waals surface area contributed by atoms with Gasteiger partial charge in [0.25, 0.3) is 0 Å². The Kier molecular flexibility index (Phi) is 3.45. The summed E-state index contributed by atoms with van der Waals surface area (Å²) in [5, 5.41) is 10.4. The molecular weight excluding hydrogens is 300 g/mol. The van der Waals surface area contributed by atoms with Gasteiger partial charge < -0.3 is 9.67 Å². The summed E-state index contributed by atoms with van der Waals surface area (Å²) in [7, 11) is 1.98. The van der Waals surface area contributed by atoms with Crippen LogP contribution >= 0.6 is 0 Å². The van der Waals surface area contributed by atoms with E-state index in [1.165, 1.54) is 17.6 Å². The van der Waals surface area contributed by atoms with Crippen molar-refractivity contribution >= 4 is 22.4 Å². The van der Waals surface area contributed by atoms with Crippen LogP contribution < -0.4 is 0 Å². The normalized spacial score (nSPS) is 14.1. The molecule has 3 aromatic rings. The number of rotatable bonds is 3. The number of hydrogen-bond acceptors (Lipinski definition) is 2. The topological polar surface area (TPSA) is 55.1 Å². The quantitative estimate of drug-likeness (QED) is 0.773. The van der Waals surface area contributed by atoms with E-state index in [0.29, 0.717) is 5.56 Å². The highest BCUT2D eigenvalue weighted by molar-refractivity contribution is 6.03. The van der Waals surface area contributed by atoms with E-state index in [1.54, 1.807) is 18.3 Å². The number of nitrogens with zero attached hydrogens (tertiary/aromatic N) is 2. The fourth-order valence-electron chi connectivity index (χ4n) is 3.60. The van der Waals surface area contributed by atoms with Crippen molar-refractivity contribution < 1.29 is 9.90 Å². The molecule has 4 nitrogen and oxygen atoms in total. The summed E-state index contributed by atoms with van der Waals surface area (Å²) in [6, 6.07) is 11.3. The van der Waals surface area contributed by atoms with Gasteiger partial charge in [0, 0.05) is 29.7 Å². The number of carboxylic acid groups (broad SMARTS) is 1. The van der Waals surface area contributed by atoms with Crippen LogP contribution in [0.5, 0.6) is 0 Å². The molecule has 1 aromatic carbocycles. The summed E-state index contributed by atoms with van der Waals surface area (Å²) in [5.74, 6) is -0.904. The SMILES string of the molecule is Cn1c(-c2ccccn2)c(C2=CCCC2)c2ccc(C(=O)O)cc21. The van der Waals surface area contributed by atoms with Gasteiger partial charge in [0.15, 0.2) is 0 Å². The first kappa shape index (κ1) is 14.7. The molecule has 0 amide bonds. The van der Waals surface area contributed by atoms with E-state index in [9.17, 15) is 9.90 Å². The van der Waals surface area contributed by atoms with Crippen molar-refractivity contribution in [3.63, 3.8) is 0 Å². The lowest BCUT2D eigenvalue weighted by Crippen LogP contribution is -1.97. The Balaban J connectivity index is 2.07. The first-order valence-electron chi connectivity index (χ1n) is 8.13. The van der Waals surface area contributed by atoms with Crippen LogP contribution in [0.3, 0.4) is 0 Å². The molecule has 2 aromatic heterocycles. The van der Waals surface area contributed by atoms with Gasteiger partial charge >= 0.3 is 5.97 Å². The molecule has 1 aliphatic carbocycles. The van der Waals surface area contributed by atoms with E-state index in [1.807, 2.05) is 31.3 Å². The van der Waals surface area contributed by atoms with Crippen LogP contribution in [0.25, 0.3) is 27.9 Å². The van der Waals surface area contributed by atoms with Crippen LogP contribution in [0.2, 0.25) is 0 Å². The first-order chi connectivity index (χ1) is 11.7. The average molecular weight is 318 g/mol. The highest BCUT2D eigenvalue weighted by Crippen LogP contribution is 2.41. The van der Waals surface area contributed by atoms with Crippen LogP contribution in [-0.4, -0.2) is 20.6 Å². The number of aryl methyl sites for hydroxylation is 1. The van der Waals surface area contributed by atoms with Crippen LogP contribution in [-0.2, 0) is 7.05 Å². The van der Waals surface area contributed by atoms with Crippen LogP contribution in [0.4, 0.5) is 0 Å². The molecule has 4 heteroatoms. The second-order valence-electron chi connectivity index (χ2n) is 6.16. The Morgan fingerprint density at radius 3 is 2.79 bits per heavy atom. The zero-order valence-corrected chi connectivity index (χ0v) is 13.5.